The molecule has 0 saturated carbocycles. The maximum atomic E-state index is 5.59. The molecule has 108 valence electrons. The standard InChI is InChI=1S/C17H24N2O/c1-2-9-19-10-7-15(8-11-19)18-12-14-13-20-17-6-4-3-5-16(14)17/h3-6,13,15,18H,2,7-12H2,1H3. The number of piperidine rings is 1. The molecule has 3 heteroatoms. The molecule has 0 unspecified atom stereocenters. The van der Waals surface area contributed by atoms with Crippen molar-refractivity contribution in [3.05, 3.63) is 36.1 Å². The van der Waals surface area contributed by atoms with Crippen LogP contribution in [0.4, 0.5) is 0 Å². The van der Waals surface area contributed by atoms with Gasteiger partial charge in [-0.3, -0.25) is 0 Å². The van der Waals surface area contributed by atoms with Crippen molar-refractivity contribution in [2.45, 2.75) is 38.8 Å². The van der Waals surface area contributed by atoms with Crippen LogP contribution in [-0.2, 0) is 6.54 Å². The molecule has 1 fully saturated rings. The Hall–Kier alpha value is -1.32. The van der Waals surface area contributed by atoms with E-state index in [-0.39, 0.29) is 0 Å². The fraction of sp³-hybridized carbons (Fsp3) is 0.529. The van der Waals surface area contributed by atoms with Crippen LogP contribution in [0.1, 0.15) is 31.7 Å². The summed E-state index contributed by atoms with van der Waals surface area (Å²) in [6, 6.07) is 8.91. The Kier molecular flexibility index (Phi) is 4.38. The molecule has 0 aliphatic carbocycles. The van der Waals surface area contributed by atoms with Gasteiger partial charge in [0.05, 0.1) is 6.26 Å². The third-order valence-electron chi connectivity index (χ3n) is 4.27. The number of furan rings is 1. The average Bonchev–Trinajstić information content (AvgIpc) is 2.90. The summed E-state index contributed by atoms with van der Waals surface area (Å²) in [4.78, 5) is 2.57. The van der Waals surface area contributed by atoms with Gasteiger partial charge in [-0.15, -0.1) is 0 Å². The third-order valence-corrected chi connectivity index (χ3v) is 4.27. The van der Waals surface area contributed by atoms with E-state index in [1.807, 2.05) is 18.4 Å². The molecule has 3 rings (SSSR count). The monoisotopic (exact) mass is 272 g/mol. The van der Waals surface area contributed by atoms with Crippen molar-refractivity contribution in [3.8, 4) is 0 Å². The van der Waals surface area contributed by atoms with Gasteiger partial charge in [-0.05, 0) is 45.0 Å². The van der Waals surface area contributed by atoms with E-state index in [0.717, 1.165) is 12.1 Å². The fourth-order valence-corrected chi connectivity index (χ4v) is 3.10. The van der Waals surface area contributed by atoms with Gasteiger partial charge in [0.15, 0.2) is 0 Å². The molecule has 20 heavy (non-hydrogen) atoms. The molecule has 0 spiro atoms. The summed E-state index contributed by atoms with van der Waals surface area (Å²) in [5.41, 5.74) is 2.26. The van der Waals surface area contributed by atoms with Crippen molar-refractivity contribution in [3.63, 3.8) is 0 Å². The predicted octanol–water partition coefficient (Wildman–Crippen LogP) is 3.40. The van der Waals surface area contributed by atoms with Gasteiger partial charge in [-0.2, -0.15) is 0 Å². The molecule has 2 heterocycles. The summed E-state index contributed by atoms with van der Waals surface area (Å²) < 4.78 is 5.59. The second kappa shape index (κ2) is 6.42. The highest BCUT2D eigenvalue weighted by molar-refractivity contribution is 5.80. The number of nitrogens with zero attached hydrogens (tertiary/aromatic N) is 1. The smallest absolute Gasteiger partial charge is 0.134 e. The lowest BCUT2D eigenvalue weighted by Crippen LogP contribution is -2.42. The minimum Gasteiger partial charge on any atom is -0.464 e. The van der Waals surface area contributed by atoms with Gasteiger partial charge in [-0.1, -0.05) is 25.1 Å². The van der Waals surface area contributed by atoms with E-state index >= 15 is 0 Å². The molecule has 1 aliphatic rings. The zero-order valence-electron chi connectivity index (χ0n) is 12.3. The largest absolute Gasteiger partial charge is 0.464 e. The Balaban J connectivity index is 1.53. The van der Waals surface area contributed by atoms with Crippen molar-refractivity contribution in [1.82, 2.24) is 10.2 Å². The third kappa shape index (κ3) is 3.05. The summed E-state index contributed by atoms with van der Waals surface area (Å²) in [6.45, 7) is 6.89. The highest BCUT2D eigenvalue weighted by atomic mass is 16.3. The second-order valence-corrected chi connectivity index (χ2v) is 5.75. The van der Waals surface area contributed by atoms with Crippen LogP contribution in [0.5, 0.6) is 0 Å². The van der Waals surface area contributed by atoms with Gasteiger partial charge in [-0.25, -0.2) is 0 Å². The maximum Gasteiger partial charge on any atom is 0.134 e. The number of likely N-dealkylation sites (tertiary alicyclic amines) is 1. The topological polar surface area (TPSA) is 28.4 Å². The molecular weight excluding hydrogens is 248 g/mol. The second-order valence-electron chi connectivity index (χ2n) is 5.75. The summed E-state index contributed by atoms with van der Waals surface area (Å²) in [5, 5.41) is 4.93. The number of fused-ring (bicyclic) bond motifs is 1. The number of hydrogen-bond acceptors (Lipinski definition) is 3. The first-order chi connectivity index (χ1) is 9.86. The van der Waals surface area contributed by atoms with Crippen molar-refractivity contribution >= 4 is 11.0 Å². The van der Waals surface area contributed by atoms with Crippen LogP contribution in [0.25, 0.3) is 11.0 Å². The van der Waals surface area contributed by atoms with Gasteiger partial charge in [0.1, 0.15) is 5.58 Å². The fourth-order valence-electron chi connectivity index (χ4n) is 3.10. The van der Waals surface area contributed by atoms with E-state index in [9.17, 15) is 0 Å². The maximum absolute atomic E-state index is 5.59. The van der Waals surface area contributed by atoms with Crippen LogP contribution in [0.15, 0.2) is 34.9 Å². The van der Waals surface area contributed by atoms with Crippen LogP contribution >= 0.6 is 0 Å². The number of rotatable bonds is 5. The summed E-state index contributed by atoms with van der Waals surface area (Å²) >= 11 is 0. The zero-order valence-corrected chi connectivity index (χ0v) is 12.3. The molecule has 1 aromatic carbocycles. The molecule has 1 saturated heterocycles. The first-order valence-corrected chi connectivity index (χ1v) is 7.77. The first kappa shape index (κ1) is 13.7. The average molecular weight is 272 g/mol. The molecular formula is C17H24N2O. The Labute approximate surface area is 120 Å². The zero-order chi connectivity index (χ0) is 13.8. The molecule has 3 nitrogen and oxygen atoms in total. The number of nitrogens with one attached hydrogen (secondary N) is 1. The SMILES string of the molecule is CCCN1CCC(NCc2coc3ccccc23)CC1. The van der Waals surface area contributed by atoms with E-state index < -0.39 is 0 Å². The number of benzene rings is 1. The molecule has 0 bridgehead atoms. The van der Waals surface area contributed by atoms with Gasteiger partial charge in [0.2, 0.25) is 0 Å². The summed E-state index contributed by atoms with van der Waals surface area (Å²) in [5.74, 6) is 0. The highest BCUT2D eigenvalue weighted by Gasteiger charge is 2.18. The van der Waals surface area contributed by atoms with Crippen LogP contribution in [-0.4, -0.2) is 30.6 Å². The Morgan fingerprint density at radius 2 is 2.05 bits per heavy atom. The molecule has 1 aliphatic heterocycles. The van der Waals surface area contributed by atoms with Crippen molar-refractivity contribution in [2.75, 3.05) is 19.6 Å². The van der Waals surface area contributed by atoms with Crippen LogP contribution < -0.4 is 5.32 Å². The van der Waals surface area contributed by atoms with Gasteiger partial charge >= 0.3 is 0 Å². The van der Waals surface area contributed by atoms with E-state index in [1.165, 1.54) is 49.8 Å². The van der Waals surface area contributed by atoms with Crippen LogP contribution in [0.3, 0.4) is 0 Å². The minimum atomic E-state index is 0.650. The molecule has 2 aromatic rings. The Morgan fingerprint density at radius 1 is 1.25 bits per heavy atom. The van der Waals surface area contributed by atoms with Crippen LogP contribution in [0.2, 0.25) is 0 Å². The van der Waals surface area contributed by atoms with E-state index in [4.69, 9.17) is 4.42 Å². The Bertz CT molecular complexity index is 541. The molecule has 0 atom stereocenters. The number of para-hydroxylation sites is 1. The lowest BCUT2D eigenvalue weighted by atomic mass is 10.0. The van der Waals surface area contributed by atoms with E-state index in [0.29, 0.717) is 6.04 Å². The van der Waals surface area contributed by atoms with Gasteiger partial charge in [0, 0.05) is 23.5 Å². The van der Waals surface area contributed by atoms with Gasteiger partial charge < -0.3 is 14.6 Å². The van der Waals surface area contributed by atoms with Gasteiger partial charge in [0.25, 0.3) is 0 Å². The van der Waals surface area contributed by atoms with Crippen LogP contribution in [0, 0.1) is 0 Å². The van der Waals surface area contributed by atoms with E-state index in [1.54, 1.807) is 0 Å². The van der Waals surface area contributed by atoms with E-state index in [2.05, 4.69) is 29.3 Å². The van der Waals surface area contributed by atoms with Crippen molar-refractivity contribution < 1.29 is 4.42 Å². The first-order valence-electron chi connectivity index (χ1n) is 7.77. The normalized spacial score (nSPS) is 17.9. The number of hydrogen-bond donors (Lipinski definition) is 1. The molecule has 0 amide bonds. The quantitative estimate of drug-likeness (QED) is 0.904. The molecule has 0 radical (unpaired) electrons. The highest BCUT2D eigenvalue weighted by Crippen LogP contribution is 2.21. The summed E-state index contributed by atoms with van der Waals surface area (Å²) in [7, 11) is 0. The van der Waals surface area contributed by atoms with Crippen molar-refractivity contribution in [1.29, 1.82) is 0 Å². The molecule has 1 N–H and O–H groups in total. The summed E-state index contributed by atoms with van der Waals surface area (Å²) in [6.07, 6.45) is 5.68. The lowest BCUT2D eigenvalue weighted by Gasteiger charge is -2.32. The predicted molar refractivity (Wildman–Crippen MR) is 82.8 cm³/mol. The Morgan fingerprint density at radius 3 is 2.85 bits per heavy atom. The lowest BCUT2D eigenvalue weighted by molar-refractivity contribution is 0.197. The minimum absolute atomic E-state index is 0.650. The van der Waals surface area contributed by atoms with Crippen molar-refractivity contribution in [2.24, 2.45) is 0 Å². The molecule has 1 aromatic heterocycles.